The molecule has 0 bridgehead atoms. The average Bonchev–Trinajstić information content (AvgIpc) is 1.04. The van der Waals surface area contributed by atoms with Crippen molar-refractivity contribution in [1.82, 2.24) is 0 Å². The summed E-state index contributed by atoms with van der Waals surface area (Å²) in [5.41, 5.74) is 0. The Labute approximate surface area is 588 Å². The molecule has 17 nitrogen and oxygen atoms in total. The van der Waals surface area contributed by atoms with Crippen molar-refractivity contribution >= 4 is 39.5 Å². The van der Waals surface area contributed by atoms with Crippen molar-refractivity contribution in [3.63, 3.8) is 0 Å². The molecule has 3 N–H and O–H groups in total. The van der Waals surface area contributed by atoms with Crippen LogP contribution in [0, 0.1) is 23.7 Å². The van der Waals surface area contributed by atoms with Crippen molar-refractivity contribution < 1.29 is 80.2 Å². The summed E-state index contributed by atoms with van der Waals surface area (Å²) in [5.74, 6) is 0.927. The third kappa shape index (κ3) is 69.2. The molecule has 96 heavy (non-hydrogen) atoms. The van der Waals surface area contributed by atoms with E-state index in [1.54, 1.807) is 0 Å². The van der Waals surface area contributed by atoms with Gasteiger partial charge in [0.05, 0.1) is 26.4 Å². The Balaban J connectivity index is 5.19. The van der Waals surface area contributed by atoms with Gasteiger partial charge in [-0.2, -0.15) is 0 Å². The van der Waals surface area contributed by atoms with Crippen LogP contribution in [-0.4, -0.2) is 96.7 Å². The van der Waals surface area contributed by atoms with Crippen LogP contribution in [0.15, 0.2) is 0 Å². The molecule has 0 aliphatic carbocycles. The highest BCUT2D eigenvalue weighted by Gasteiger charge is 2.30. The summed E-state index contributed by atoms with van der Waals surface area (Å²) < 4.78 is 68.5. The van der Waals surface area contributed by atoms with Gasteiger partial charge in [-0.3, -0.25) is 37.3 Å². The predicted molar refractivity (Wildman–Crippen MR) is 391 cm³/mol. The number of aliphatic hydroxyl groups is 1. The molecule has 0 heterocycles. The van der Waals surface area contributed by atoms with E-state index in [9.17, 15) is 43.2 Å². The van der Waals surface area contributed by atoms with E-state index in [0.29, 0.717) is 31.6 Å². The monoisotopic (exact) mass is 1410 g/mol. The van der Waals surface area contributed by atoms with E-state index in [1.165, 1.54) is 186 Å². The number of hydrogen-bond donors (Lipinski definition) is 3. The number of rotatable bonds is 74. The van der Waals surface area contributed by atoms with E-state index in [2.05, 4.69) is 55.4 Å². The third-order valence-corrected chi connectivity index (χ3v) is 20.1. The number of esters is 4. The summed E-state index contributed by atoms with van der Waals surface area (Å²) >= 11 is 0. The second kappa shape index (κ2) is 66.3. The van der Waals surface area contributed by atoms with Gasteiger partial charge in [0, 0.05) is 25.7 Å². The summed E-state index contributed by atoms with van der Waals surface area (Å²) in [4.78, 5) is 72.8. The van der Waals surface area contributed by atoms with Crippen LogP contribution in [0.4, 0.5) is 0 Å². The topological polar surface area (TPSA) is 237 Å². The first-order valence-electron chi connectivity index (χ1n) is 39.7. The van der Waals surface area contributed by atoms with Crippen molar-refractivity contribution in [3.05, 3.63) is 0 Å². The van der Waals surface area contributed by atoms with Gasteiger partial charge in [0.2, 0.25) is 0 Å². The van der Waals surface area contributed by atoms with Crippen LogP contribution in [0.2, 0.25) is 0 Å². The quantitative estimate of drug-likeness (QED) is 0.0222. The highest BCUT2D eigenvalue weighted by atomic mass is 31.2. The van der Waals surface area contributed by atoms with Crippen LogP contribution in [0.5, 0.6) is 0 Å². The molecule has 6 atom stereocenters. The van der Waals surface area contributed by atoms with Gasteiger partial charge in [-0.15, -0.1) is 0 Å². The summed E-state index contributed by atoms with van der Waals surface area (Å²) in [6.07, 6.45) is 51.5. The molecule has 4 unspecified atom stereocenters. The van der Waals surface area contributed by atoms with Gasteiger partial charge in [-0.25, -0.2) is 9.13 Å². The fourth-order valence-electron chi connectivity index (χ4n) is 11.7. The molecule has 570 valence electrons. The van der Waals surface area contributed by atoms with E-state index in [0.717, 1.165) is 114 Å². The Morgan fingerprint density at radius 1 is 0.292 bits per heavy atom. The maximum absolute atomic E-state index is 13.1. The molecule has 0 amide bonds. The van der Waals surface area contributed by atoms with Crippen molar-refractivity contribution in [2.45, 2.75) is 408 Å². The SMILES string of the molecule is CCC(C)CCCCCCCCCCC(=O)O[C@H](COC(=O)CCCCCCCCCC(C)C)COP(=O)(O)OCC(O)COP(=O)(O)OC[C@@H](COC(=O)CCCCCCCCCCCCCCCCCCCCC(C)C)OC(=O)CCCCCCCCCCCCC(C)C. The molecule has 0 aliphatic heterocycles. The van der Waals surface area contributed by atoms with Crippen molar-refractivity contribution in [1.29, 1.82) is 0 Å². The van der Waals surface area contributed by atoms with Gasteiger partial charge >= 0.3 is 39.5 Å². The highest BCUT2D eigenvalue weighted by Crippen LogP contribution is 2.45. The maximum Gasteiger partial charge on any atom is 0.472 e. The molecule has 0 aromatic carbocycles. The van der Waals surface area contributed by atoms with Crippen LogP contribution >= 0.6 is 15.6 Å². The van der Waals surface area contributed by atoms with Crippen LogP contribution in [0.3, 0.4) is 0 Å². The number of ether oxygens (including phenoxy) is 4. The lowest BCUT2D eigenvalue weighted by Crippen LogP contribution is -2.30. The zero-order valence-electron chi connectivity index (χ0n) is 63.0. The molecule has 0 aliphatic rings. The highest BCUT2D eigenvalue weighted by molar-refractivity contribution is 7.47. The van der Waals surface area contributed by atoms with E-state index < -0.39 is 97.5 Å². The van der Waals surface area contributed by atoms with Gasteiger partial charge in [-0.05, 0) is 49.4 Å². The van der Waals surface area contributed by atoms with E-state index in [-0.39, 0.29) is 25.7 Å². The number of phosphoric acid groups is 2. The van der Waals surface area contributed by atoms with Crippen molar-refractivity contribution in [2.24, 2.45) is 23.7 Å². The van der Waals surface area contributed by atoms with Crippen LogP contribution in [0.1, 0.15) is 389 Å². The molecule has 19 heteroatoms. The number of carbonyl (C=O) groups excluding carboxylic acids is 4. The first-order valence-corrected chi connectivity index (χ1v) is 42.7. The number of phosphoric ester groups is 2. The maximum atomic E-state index is 13.1. The summed E-state index contributed by atoms with van der Waals surface area (Å²) in [7, 11) is -9.91. The Bertz CT molecular complexity index is 1890. The molecule has 0 aromatic heterocycles. The van der Waals surface area contributed by atoms with Crippen molar-refractivity contribution in [2.75, 3.05) is 39.6 Å². The number of aliphatic hydroxyl groups excluding tert-OH is 1. The van der Waals surface area contributed by atoms with Gasteiger partial charge in [0.15, 0.2) is 12.2 Å². The summed E-state index contributed by atoms with van der Waals surface area (Å²) in [6.45, 7) is 14.2. The van der Waals surface area contributed by atoms with E-state index >= 15 is 0 Å². The third-order valence-electron chi connectivity index (χ3n) is 18.2. The standard InChI is InChI=1S/C77H150O17P2/c1-9-70(8)56-48-40-32-26-27-35-44-52-60-77(82)94-73(64-88-75(80)58-50-42-36-28-31-39-47-55-69(6)7)66-92-96(85,86)90-62-71(78)61-89-95(83,84)91-65-72(93-76(81)59-51-43-34-25-21-20-23-30-38-46-54-68(4)5)63-87-74(79)57-49-41-33-24-19-17-15-13-11-10-12-14-16-18-22-29-37-45-53-67(2)3/h67-73,78H,9-66H2,1-8H3,(H,83,84)(H,85,86)/t70?,71?,72-,73-/m1/s1. The van der Waals surface area contributed by atoms with Gasteiger partial charge in [-0.1, -0.05) is 338 Å². The number of carbonyl (C=O) groups is 4. The second-order valence-electron chi connectivity index (χ2n) is 29.4. The normalized spacial score (nSPS) is 14.4. The van der Waals surface area contributed by atoms with Crippen LogP contribution in [-0.2, 0) is 65.4 Å². The lowest BCUT2D eigenvalue weighted by Gasteiger charge is -2.21. The number of hydrogen-bond acceptors (Lipinski definition) is 15. The fourth-order valence-corrected chi connectivity index (χ4v) is 13.3. The first kappa shape index (κ1) is 94.1. The minimum Gasteiger partial charge on any atom is -0.462 e. The lowest BCUT2D eigenvalue weighted by atomic mass is 9.99. The number of unbranched alkanes of at least 4 members (excludes halogenated alkanes) is 39. The Hall–Kier alpha value is -1.94. The molecule has 0 aromatic rings. The van der Waals surface area contributed by atoms with Crippen molar-refractivity contribution in [3.8, 4) is 0 Å². The Morgan fingerprint density at radius 2 is 0.500 bits per heavy atom. The smallest absolute Gasteiger partial charge is 0.462 e. The molecule has 0 spiro atoms. The average molecular weight is 1410 g/mol. The molecule has 0 saturated carbocycles. The fraction of sp³-hybridized carbons (Fsp3) is 0.948. The predicted octanol–water partition coefficient (Wildman–Crippen LogP) is 22.4. The summed E-state index contributed by atoms with van der Waals surface area (Å²) in [6, 6.07) is 0. The first-order chi connectivity index (χ1) is 46.1. The molecular weight excluding hydrogens is 1260 g/mol. The minimum atomic E-state index is -4.96. The molecule has 0 radical (unpaired) electrons. The molecular formula is C77H150O17P2. The molecule has 0 fully saturated rings. The Kier molecular flexibility index (Phi) is 65.0. The zero-order valence-corrected chi connectivity index (χ0v) is 64.8. The van der Waals surface area contributed by atoms with Gasteiger partial charge < -0.3 is 33.8 Å². The second-order valence-corrected chi connectivity index (χ2v) is 32.3. The van der Waals surface area contributed by atoms with Gasteiger partial charge in [0.25, 0.3) is 0 Å². The minimum absolute atomic E-state index is 0.104. The van der Waals surface area contributed by atoms with Crippen LogP contribution in [0.25, 0.3) is 0 Å². The van der Waals surface area contributed by atoms with E-state index in [4.69, 9.17) is 37.0 Å². The van der Waals surface area contributed by atoms with Gasteiger partial charge in [0.1, 0.15) is 19.3 Å². The van der Waals surface area contributed by atoms with E-state index in [1.807, 2.05) is 0 Å². The lowest BCUT2D eigenvalue weighted by molar-refractivity contribution is -0.161. The van der Waals surface area contributed by atoms with Crippen LogP contribution < -0.4 is 0 Å². The molecule has 0 rings (SSSR count). The zero-order chi connectivity index (χ0) is 71.0. The summed E-state index contributed by atoms with van der Waals surface area (Å²) in [5, 5.41) is 10.6. The molecule has 0 saturated heterocycles. The largest absolute Gasteiger partial charge is 0.472 e. The Morgan fingerprint density at radius 3 is 0.740 bits per heavy atom.